The molecule has 108 valence electrons. The molecule has 0 bridgehead atoms. The zero-order valence-corrected chi connectivity index (χ0v) is 13.6. The van der Waals surface area contributed by atoms with Gasteiger partial charge < -0.3 is 5.32 Å². The first-order valence-corrected chi connectivity index (χ1v) is 7.62. The van der Waals surface area contributed by atoms with Crippen LogP contribution in [0.5, 0.6) is 0 Å². The van der Waals surface area contributed by atoms with Crippen molar-refractivity contribution in [2.75, 3.05) is 6.54 Å². The fourth-order valence-corrected chi connectivity index (χ4v) is 2.43. The molecule has 1 heteroatoms. The number of benzene rings is 1. The van der Waals surface area contributed by atoms with Crippen molar-refractivity contribution in [1.82, 2.24) is 5.32 Å². The summed E-state index contributed by atoms with van der Waals surface area (Å²) in [6.07, 6.45) is 2.38. The van der Waals surface area contributed by atoms with Gasteiger partial charge in [-0.1, -0.05) is 64.4 Å². The molecular weight excluding hydrogens is 230 g/mol. The number of hydrogen-bond acceptors (Lipinski definition) is 1. The van der Waals surface area contributed by atoms with Crippen molar-refractivity contribution in [3.8, 4) is 0 Å². The van der Waals surface area contributed by atoms with E-state index < -0.39 is 0 Å². The van der Waals surface area contributed by atoms with Crippen molar-refractivity contribution >= 4 is 0 Å². The third-order valence-corrected chi connectivity index (χ3v) is 4.17. The second kappa shape index (κ2) is 7.09. The summed E-state index contributed by atoms with van der Waals surface area (Å²) >= 11 is 0. The number of aryl methyl sites for hydroxylation is 1. The maximum absolute atomic E-state index is 3.65. The average Bonchev–Trinajstić information content (AvgIpc) is 2.27. The van der Waals surface area contributed by atoms with E-state index in [1.54, 1.807) is 0 Å². The van der Waals surface area contributed by atoms with Crippen molar-refractivity contribution in [2.45, 2.75) is 60.4 Å². The van der Waals surface area contributed by atoms with Crippen LogP contribution >= 0.6 is 0 Å². The van der Waals surface area contributed by atoms with Gasteiger partial charge in [-0.2, -0.15) is 0 Å². The first-order valence-electron chi connectivity index (χ1n) is 7.62. The van der Waals surface area contributed by atoms with E-state index in [4.69, 9.17) is 0 Å². The van der Waals surface area contributed by atoms with Gasteiger partial charge in [0, 0.05) is 6.04 Å². The summed E-state index contributed by atoms with van der Waals surface area (Å²) < 4.78 is 0. The van der Waals surface area contributed by atoms with E-state index >= 15 is 0 Å². The Hall–Kier alpha value is -0.820. The lowest BCUT2D eigenvalue weighted by Crippen LogP contribution is -2.35. The van der Waals surface area contributed by atoms with E-state index in [-0.39, 0.29) is 0 Å². The standard InChI is InChI=1S/C18H31N/c1-7-19-17(12-15(3)18(4,5)6)13-16-10-8-9-14(2)11-16/h8-11,15,17,19H,7,12-13H2,1-6H3. The predicted molar refractivity (Wildman–Crippen MR) is 85.6 cm³/mol. The molecule has 1 aromatic carbocycles. The Morgan fingerprint density at radius 3 is 2.42 bits per heavy atom. The molecule has 0 saturated heterocycles. The van der Waals surface area contributed by atoms with Crippen LogP contribution in [-0.2, 0) is 6.42 Å². The van der Waals surface area contributed by atoms with Gasteiger partial charge in [0.15, 0.2) is 0 Å². The van der Waals surface area contributed by atoms with Gasteiger partial charge in [0.25, 0.3) is 0 Å². The van der Waals surface area contributed by atoms with Crippen LogP contribution in [0.3, 0.4) is 0 Å². The number of hydrogen-bond donors (Lipinski definition) is 1. The minimum absolute atomic E-state index is 0.389. The molecule has 0 saturated carbocycles. The summed E-state index contributed by atoms with van der Waals surface area (Å²) in [5, 5.41) is 3.65. The van der Waals surface area contributed by atoms with Crippen LogP contribution in [-0.4, -0.2) is 12.6 Å². The summed E-state index contributed by atoms with van der Waals surface area (Å²) in [6.45, 7) is 14.8. The monoisotopic (exact) mass is 261 g/mol. The molecule has 1 rings (SSSR count). The van der Waals surface area contributed by atoms with E-state index in [1.165, 1.54) is 17.5 Å². The van der Waals surface area contributed by atoms with Crippen LogP contribution < -0.4 is 5.32 Å². The van der Waals surface area contributed by atoms with Gasteiger partial charge >= 0.3 is 0 Å². The lowest BCUT2D eigenvalue weighted by molar-refractivity contribution is 0.222. The van der Waals surface area contributed by atoms with Crippen molar-refractivity contribution in [3.05, 3.63) is 35.4 Å². The summed E-state index contributed by atoms with van der Waals surface area (Å²) in [5.74, 6) is 0.723. The Balaban J connectivity index is 2.67. The fourth-order valence-electron chi connectivity index (χ4n) is 2.43. The molecule has 0 spiro atoms. The molecule has 0 aromatic heterocycles. The minimum atomic E-state index is 0.389. The lowest BCUT2D eigenvalue weighted by atomic mass is 9.78. The highest BCUT2D eigenvalue weighted by Gasteiger charge is 2.23. The summed E-state index contributed by atoms with van der Waals surface area (Å²) in [7, 11) is 0. The SMILES string of the molecule is CCNC(Cc1cccc(C)c1)CC(C)C(C)(C)C. The normalized spacial score (nSPS) is 15.3. The Morgan fingerprint density at radius 2 is 1.89 bits per heavy atom. The van der Waals surface area contributed by atoms with Gasteiger partial charge in [-0.05, 0) is 43.2 Å². The fraction of sp³-hybridized carbons (Fsp3) is 0.667. The molecule has 0 aliphatic rings. The molecule has 1 aromatic rings. The van der Waals surface area contributed by atoms with Crippen LogP contribution in [0, 0.1) is 18.3 Å². The van der Waals surface area contributed by atoms with Gasteiger partial charge in [-0.15, -0.1) is 0 Å². The second-order valence-electron chi connectivity index (χ2n) is 6.95. The Kier molecular flexibility index (Phi) is 6.06. The van der Waals surface area contributed by atoms with Gasteiger partial charge in [0.05, 0.1) is 0 Å². The number of rotatable bonds is 6. The second-order valence-corrected chi connectivity index (χ2v) is 6.95. The highest BCUT2D eigenvalue weighted by atomic mass is 14.9. The van der Waals surface area contributed by atoms with Gasteiger partial charge in [-0.3, -0.25) is 0 Å². The van der Waals surface area contributed by atoms with E-state index in [9.17, 15) is 0 Å². The Bertz CT molecular complexity index is 376. The van der Waals surface area contributed by atoms with E-state index in [0.29, 0.717) is 11.5 Å². The van der Waals surface area contributed by atoms with Gasteiger partial charge in [0.1, 0.15) is 0 Å². The topological polar surface area (TPSA) is 12.0 Å². The molecule has 1 nitrogen and oxygen atoms in total. The van der Waals surface area contributed by atoms with Gasteiger partial charge in [-0.25, -0.2) is 0 Å². The molecule has 19 heavy (non-hydrogen) atoms. The van der Waals surface area contributed by atoms with E-state index in [0.717, 1.165) is 18.9 Å². The molecule has 0 heterocycles. The summed E-state index contributed by atoms with van der Waals surface area (Å²) in [4.78, 5) is 0. The molecule has 0 radical (unpaired) electrons. The molecule has 0 fully saturated rings. The molecular formula is C18H31N. The lowest BCUT2D eigenvalue weighted by Gasteiger charge is -2.31. The van der Waals surface area contributed by atoms with Crippen molar-refractivity contribution in [2.24, 2.45) is 11.3 Å². The molecule has 2 unspecified atom stereocenters. The third-order valence-electron chi connectivity index (χ3n) is 4.17. The molecule has 0 amide bonds. The smallest absolute Gasteiger partial charge is 0.0110 e. The quantitative estimate of drug-likeness (QED) is 0.790. The molecule has 1 N–H and O–H groups in total. The maximum atomic E-state index is 3.65. The Morgan fingerprint density at radius 1 is 1.21 bits per heavy atom. The van der Waals surface area contributed by atoms with E-state index in [1.807, 2.05) is 0 Å². The summed E-state index contributed by atoms with van der Waals surface area (Å²) in [5.41, 5.74) is 3.20. The minimum Gasteiger partial charge on any atom is -0.314 e. The van der Waals surface area contributed by atoms with Crippen LogP contribution in [0.4, 0.5) is 0 Å². The largest absolute Gasteiger partial charge is 0.314 e. The zero-order valence-electron chi connectivity index (χ0n) is 13.6. The van der Waals surface area contributed by atoms with Gasteiger partial charge in [0.2, 0.25) is 0 Å². The molecule has 0 aliphatic heterocycles. The average molecular weight is 261 g/mol. The van der Waals surface area contributed by atoms with Crippen LogP contribution in [0.15, 0.2) is 24.3 Å². The molecule has 2 atom stereocenters. The number of likely N-dealkylation sites (N-methyl/N-ethyl adjacent to an activating group) is 1. The molecule has 0 aliphatic carbocycles. The zero-order chi connectivity index (χ0) is 14.5. The Labute approximate surface area is 119 Å². The first kappa shape index (κ1) is 16.2. The highest BCUT2D eigenvalue weighted by molar-refractivity contribution is 5.23. The predicted octanol–water partition coefficient (Wildman–Crippen LogP) is 4.59. The van der Waals surface area contributed by atoms with Crippen LogP contribution in [0.25, 0.3) is 0 Å². The van der Waals surface area contributed by atoms with Crippen molar-refractivity contribution in [1.29, 1.82) is 0 Å². The van der Waals surface area contributed by atoms with Crippen LogP contribution in [0.2, 0.25) is 0 Å². The van der Waals surface area contributed by atoms with Crippen molar-refractivity contribution in [3.63, 3.8) is 0 Å². The van der Waals surface area contributed by atoms with E-state index in [2.05, 4.69) is 71.1 Å². The highest BCUT2D eigenvalue weighted by Crippen LogP contribution is 2.29. The first-order chi connectivity index (χ1) is 8.82. The maximum Gasteiger partial charge on any atom is 0.0110 e. The third kappa shape index (κ3) is 5.78. The van der Waals surface area contributed by atoms with Crippen LogP contribution in [0.1, 0.15) is 52.2 Å². The summed E-state index contributed by atoms with van der Waals surface area (Å²) in [6, 6.07) is 9.48. The number of nitrogens with one attached hydrogen (secondary N) is 1. The van der Waals surface area contributed by atoms with Crippen molar-refractivity contribution < 1.29 is 0 Å².